The predicted molar refractivity (Wildman–Crippen MR) is 61.2 cm³/mol. The molecule has 0 aliphatic carbocycles. The number of nitro benzene ring substituents is 1. The molecular weight excluding hydrogens is 224 g/mol. The van der Waals surface area contributed by atoms with Gasteiger partial charge in [0.2, 0.25) is 0 Å². The highest BCUT2D eigenvalue weighted by atomic mass is 16.6. The molecule has 0 saturated carbocycles. The second-order valence-electron chi connectivity index (χ2n) is 3.75. The minimum atomic E-state index is -0.456. The van der Waals surface area contributed by atoms with Crippen LogP contribution in [0.25, 0.3) is 0 Å². The Hall–Kier alpha value is -1.66. The number of hydrogen-bond acceptors (Lipinski definition) is 5. The van der Waals surface area contributed by atoms with E-state index in [2.05, 4.69) is 5.32 Å². The third-order valence-electron chi connectivity index (χ3n) is 2.70. The summed E-state index contributed by atoms with van der Waals surface area (Å²) in [5.41, 5.74) is 0.861. The summed E-state index contributed by atoms with van der Waals surface area (Å²) in [5, 5.41) is 14.0. The van der Waals surface area contributed by atoms with Gasteiger partial charge >= 0.3 is 5.69 Å². The Labute approximate surface area is 98.7 Å². The molecule has 2 rings (SSSR count). The summed E-state index contributed by atoms with van der Waals surface area (Å²) in [5.74, 6) is 0.265. The largest absolute Gasteiger partial charge is 0.490 e. The number of morpholine rings is 1. The Morgan fingerprint density at radius 3 is 3.00 bits per heavy atom. The summed E-state index contributed by atoms with van der Waals surface area (Å²) in [7, 11) is 1.42. The Balaban J connectivity index is 2.27. The van der Waals surface area contributed by atoms with E-state index < -0.39 is 4.92 Å². The highest BCUT2D eigenvalue weighted by Gasteiger charge is 2.20. The molecule has 1 heterocycles. The van der Waals surface area contributed by atoms with Gasteiger partial charge in [0.25, 0.3) is 0 Å². The normalized spacial score (nSPS) is 19.9. The van der Waals surface area contributed by atoms with Crippen molar-refractivity contribution in [2.24, 2.45) is 0 Å². The van der Waals surface area contributed by atoms with Crippen LogP contribution in [0.15, 0.2) is 18.2 Å². The monoisotopic (exact) mass is 238 g/mol. The van der Waals surface area contributed by atoms with Crippen LogP contribution >= 0.6 is 0 Å². The zero-order valence-electron chi connectivity index (χ0n) is 9.51. The van der Waals surface area contributed by atoms with Gasteiger partial charge in [0, 0.05) is 19.2 Å². The minimum Gasteiger partial charge on any atom is -0.490 e. The predicted octanol–water partition coefficient (Wildman–Crippen LogP) is 1.26. The first-order valence-electron chi connectivity index (χ1n) is 5.37. The third kappa shape index (κ3) is 2.54. The number of ether oxygens (including phenoxy) is 2. The molecule has 1 aromatic rings. The summed E-state index contributed by atoms with van der Waals surface area (Å²) >= 11 is 0. The zero-order chi connectivity index (χ0) is 12.3. The first-order valence-corrected chi connectivity index (χ1v) is 5.37. The molecule has 1 aromatic carbocycles. The van der Waals surface area contributed by atoms with E-state index in [1.54, 1.807) is 12.1 Å². The molecule has 1 fully saturated rings. The summed E-state index contributed by atoms with van der Waals surface area (Å²) in [6.07, 6.45) is -0.0709. The van der Waals surface area contributed by atoms with Crippen LogP contribution in [0.4, 0.5) is 5.69 Å². The first-order chi connectivity index (χ1) is 8.22. The van der Waals surface area contributed by atoms with Gasteiger partial charge < -0.3 is 14.8 Å². The average molecular weight is 238 g/mol. The summed E-state index contributed by atoms with van der Waals surface area (Å²) in [6, 6.07) is 4.82. The molecular formula is C11H14N2O4. The van der Waals surface area contributed by atoms with Gasteiger partial charge in [-0.1, -0.05) is 0 Å². The molecule has 1 atom stereocenters. The van der Waals surface area contributed by atoms with Crippen molar-refractivity contribution in [3.63, 3.8) is 0 Å². The van der Waals surface area contributed by atoms with E-state index in [4.69, 9.17) is 9.47 Å². The molecule has 1 aliphatic rings. The quantitative estimate of drug-likeness (QED) is 0.634. The van der Waals surface area contributed by atoms with E-state index in [1.807, 2.05) is 0 Å². The van der Waals surface area contributed by atoms with Crippen LogP contribution < -0.4 is 10.1 Å². The highest BCUT2D eigenvalue weighted by molar-refractivity contribution is 5.49. The number of benzene rings is 1. The molecule has 0 aromatic heterocycles. The topological polar surface area (TPSA) is 73.6 Å². The van der Waals surface area contributed by atoms with Gasteiger partial charge in [-0.05, 0) is 17.7 Å². The Morgan fingerprint density at radius 1 is 1.59 bits per heavy atom. The zero-order valence-corrected chi connectivity index (χ0v) is 9.51. The van der Waals surface area contributed by atoms with Crippen molar-refractivity contribution < 1.29 is 14.4 Å². The number of nitro groups is 1. The lowest BCUT2D eigenvalue weighted by Gasteiger charge is -2.24. The molecule has 92 valence electrons. The smallest absolute Gasteiger partial charge is 0.310 e. The fraction of sp³-hybridized carbons (Fsp3) is 0.455. The van der Waals surface area contributed by atoms with Crippen LogP contribution in [-0.2, 0) is 4.74 Å². The number of methoxy groups -OCH3 is 1. The maximum atomic E-state index is 10.8. The number of nitrogens with zero attached hydrogens (tertiary/aromatic N) is 1. The molecule has 6 heteroatoms. The van der Waals surface area contributed by atoms with E-state index >= 15 is 0 Å². The molecule has 1 saturated heterocycles. The fourth-order valence-electron chi connectivity index (χ4n) is 1.82. The lowest BCUT2D eigenvalue weighted by atomic mass is 10.1. The molecule has 6 nitrogen and oxygen atoms in total. The van der Waals surface area contributed by atoms with E-state index in [0.29, 0.717) is 13.2 Å². The van der Waals surface area contributed by atoms with Crippen LogP contribution in [0.5, 0.6) is 5.75 Å². The summed E-state index contributed by atoms with van der Waals surface area (Å²) in [6.45, 7) is 2.19. The van der Waals surface area contributed by atoms with Crippen molar-refractivity contribution in [3.8, 4) is 5.75 Å². The van der Waals surface area contributed by atoms with E-state index in [0.717, 1.165) is 12.1 Å². The number of rotatable bonds is 3. The summed E-state index contributed by atoms with van der Waals surface area (Å²) in [4.78, 5) is 10.3. The van der Waals surface area contributed by atoms with Crippen molar-refractivity contribution >= 4 is 5.69 Å². The Bertz CT molecular complexity index is 416. The van der Waals surface area contributed by atoms with Gasteiger partial charge in [-0.15, -0.1) is 0 Å². The molecule has 0 radical (unpaired) electrons. The fourth-order valence-corrected chi connectivity index (χ4v) is 1.82. The van der Waals surface area contributed by atoms with Crippen molar-refractivity contribution in [1.82, 2.24) is 5.32 Å². The van der Waals surface area contributed by atoms with Gasteiger partial charge in [-0.3, -0.25) is 10.1 Å². The van der Waals surface area contributed by atoms with Crippen LogP contribution in [0.1, 0.15) is 11.7 Å². The van der Waals surface area contributed by atoms with Gasteiger partial charge in [0.05, 0.1) is 24.7 Å². The lowest BCUT2D eigenvalue weighted by Crippen LogP contribution is -2.33. The highest BCUT2D eigenvalue weighted by Crippen LogP contribution is 2.31. The van der Waals surface area contributed by atoms with Crippen LogP contribution in [0, 0.1) is 10.1 Å². The van der Waals surface area contributed by atoms with Crippen molar-refractivity contribution in [3.05, 3.63) is 33.9 Å². The van der Waals surface area contributed by atoms with Crippen molar-refractivity contribution in [2.75, 3.05) is 26.8 Å². The molecule has 17 heavy (non-hydrogen) atoms. The standard InChI is InChI=1S/C11H14N2O4/c1-16-10-6-8(2-3-9(10)13(14)15)11-7-12-4-5-17-11/h2-3,6,11-12H,4-5,7H2,1H3. The first kappa shape index (κ1) is 11.8. The van der Waals surface area contributed by atoms with Gasteiger partial charge in [-0.2, -0.15) is 0 Å². The van der Waals surface area contributed by atoms with E-state index in [-0.39, 0.29) is 17.5 Å². The number of hydrogen-bond donors (Lipinski definition) is 1. The van der Waals surface area contributed by atoms with Crippen molar-refractivity contribution in [1.29, 1.82) is 0 Å². The third-order valence-corrected chi connectivity index (χ3v) is 2.70. The van der Waals surface area contributed by atoms with Crippen LogP contribution in [-0.4, -0.2) is 31.7 Å². The van der Waals surface area contributed by atoms with Crippen molar-refractivity contribution in [2.45, 2.75) is 6.10 Å². The van der Waals surface area contributed by atoms with Crippen LogP contribution in [0.2, 0.25) is 0 Å². The van der Waals surface area contributed by atoms with E-state index in [1.165, 1.54) is 13.2 Å². The lowest BCUT2D eigenvalue weighted by molar-refractivity contribution is -0.385. The summed E-state index contributed by atoms with van der Waals surface area (Å²) < 4.78 is 10.6. The van der Waals surface area contributed by atoms with Crippen LogP contribution in [0.3, 0.4) is 0 Å². The molecule has 0 bridgehead atoms. The molecule has 1 aliphatic heterocycles. The molecule has 0 amide bonds. The van der Waals surface area contributed by atoms with E-state index in [9.17, 15) is 10.1 Å². The second kappa shape index (κ2) is 5.11. The number of nitrogens with one attached hydrogen (secondary N) is 1. The van der Waals surface area contributed by atoms with Gasteiger partial charge in [-0.25, -0.2) is 0 Å². The average Bonchev–Trinajstić information content (AvgIpc) is 2.39. The van der Waals surface area contributed by atoms with Gasteiger partial charge in [0.15, 0.2) is 5.75 Å². The SMILES string of the molecule is COc1cc(C2CNCCO2)ccc1[N+](=O)[O-]. The minimum absolute atomic E-state index is 0.0278. The van der Waals surface area contributed by atoms with Gasteiger partial charge in [0.1, 0.15) is 0 Å². The molecule has 0 spiro atoms. The maximum Gasteiger partial charge on any atom is 0.310 e. The molecule has 1 unspecified atom stereocenters. The second-order valence-corrected chi connectivity index (χ2v) is 3.75. The Morgan fingerprint density at radius 2 is 2.41 bits per heavy atom. The molecule has 1 N–H and O–H groups in total. The maximum absolute atomic E-state index is 10.8. The Kier molecular flexibility index (Phi) is 3.55.